The second kappa shape index (κ2) is 10.2. The molecule has 0 N–H and O–H groups in total. The molecule has 0 saturated heterocycles. The van der Waals surface area contributed by atoms with Crippen LogP contribution >= 0.6 is 0 Å². The van der Waals surface area contributed by atoms with Gasteiger partial charge in [0.05, 0.1) is 24.2 Å². The summed E-state index contributed by atoms with van der Waals surface area (Å²) in [5.74, 6) is 1.42. The SMILES string of the molecule is CCCC(=O)On1c2ccccc2c2ccc(OCCCCOc3cccc(C)c3)cc21. The summed E-state index contributed by atoms with van der Waals surface area (Å²) in [6.45, 7) is 5.28. The number of fused-ring (bicyclic) bond motifs is 3. The summed E-state index contributed by atoms with van der Waals surface area (Å²) < 4.78 is 13.4. The molecular weight excluding hydrogens is 402 g/mol. The average Bonchev–Trinajstić information content (AvgIpc) is 3.09. The monoisotopic (exact) mass is 431 g/mol. The van der Waals surface area contributed by atoms with E-state index in [0.29, 0.717) is 19.6 Å². The number of unbranched alkanes of at least 4 members (excludes halogenated alkanes) is 1. The Hall–Kier alpha value is -3.47. The Morgan fingerprint density at radius 1 is 0.812 bits per heavy atom. The number of aryl methyl sites for hydroxylation is 1. The van der Waals surface area contributed by atoms with Crippen LogP contribution in [0, 0.1) is 6.92 Å². The van der Waals surface area contributed by atoms with E-state index < -0.39 is 0 Å². The maximum Gasteiger partial charge on any atom is 0.332 e. The number of ether oxygens (including phenoxy) is 2. The second-order valence-corrected chi connectivity index (χ2v) is 7.92. The van der Waals surface area contributed by atoms with Crippen LogP contribution in [0.2, 0.25) is 0 Å². The largest absolute Gasteiger partial charge is 0.494 e. The van der Waals surface area contributed by atoms with Crippen LogP contribution in [0.4, 0.5) is 0 Å². The van der Waals surface area contributed by atoms with Gasteiger partial charge in [0, 0.05) is 23.3 Å². The third-order valence-corrected chi connectivity index (χ3v) is 5.31. The molecule has 0 aliphatic carbocycles. The van der Waals surface area contributed by atoms with Gasteiger partial charge < -0.3 is 14.3 Å². The lowest BCUT2D eigenvalue weighted by molar-refractivity contribution is -0.143. The fourth-order valence-corrected chi connectivity index (χ4v) is 3.74. The van der Waals surface area contributed by atoms with Crippen molar-refractivity contribution in [2.24, 2.45) is 0 Å². The molecule has 0 saturated carbocycles. The Bertz CT molecular complexity index is 1210. The van der Waals surface area contributed by atoms with Gasteiger partial charge in [-0.15, -0.1) is 0 Å². The quantitative estimate of drug-likeness (QED) is 0.285. The number of para-hydroxylation sites is 1. The van der Waals surface area contributed by atoms with Gasteiger partial charge in [-0.3, -0.25) is 0 Å². The molecule has 0 atom stereocenters. The van der Waals surface area contributed by atoms with E-state index in [-0.39, 0.29) is 5.97 Å². The van der Waals surface area contributed by atoms with E-state index in [1.807, 2.05) is 67.6 Å². The number of nitrogens with zero attached hydrogens (tertiary/aromatic N) is 1. The number of carbonyl (C=O) groups excluding carboxylic acids is 1. The van der Waals surface area contributed by atoms with Gasteiger partial charge in [0.25, 0.3) is 0 Å². The van der Waals surface area contributed by atoms with E-state index >= 15 is 0 Å². The first-order valence-corrected chi connectivity index (χ1v) is 11.2. The highest BCUT2D eigenvalue weighted by Crippen LogP contribution is 2.31. The molecule has 0 radical (unpaired) electrons. The summed E-state index contributed by atoms with van der Waals surface area (Å²) in [5, 5.41) is 2.08. The van der Waals surface area contributed by atoms with Gasteiger partial charge in [0.1, 0.15) is 11.5 Å². The minimum Gasteiger partial charge on any atom is -0.494 e. The Morgan fingerprint density at radius 2 is 1.53 bits per heavy atom. The summed E-state index contributed by atoms with van der Waals surface area (Å²) >= 11 is 0. The van der Waals surface area contributed by atoms with E-state index in [0.717, 1.165) is 52.6 Å². The number of aromatic nitrogens is 1. The summed E-state index contributed by atoms with van der Waals surface area (Å²) in [6, 6.07) is 21.9. The molecule has 0 aliphatic rings. The van der Waals surface area contributed by atoms with Crippen molar-refractivity contribution in [2.45, 2.75) is 39.5 Å². The molecule has 5 nitrogen and oxygen atoms in total. The molecule has 1 aromatic heterocycles. The molecule has 0 amide bonds. The molecule has 1 heterocycles. The molecule has 4 rings (SSSR count). The zero-order valence-corrected chi connectivity index (χ0v) is 18.7. The first-order chi connectivity index (χ1) is 15.7. The molecular formula is C27H29NO4. The van der Waals surface area contributed by atoms with Crippen molar-refractivity contribution in [3.63, 3.8) is 0 Å². The van der Waals surface area contributed by atoms with Crippen molar-refractivity contribution in [3.05, 3.63) is 72.3 Å². The van der Waals surface area contributed by atoms with Crippen LogP contribution < -0.4 is 14.3 Å². The fraction of sp³-hybridized carbons (Fsp3) is 0.296. The normalized spacial score (nSPS) is 11.1. The fourth-order valence-electron chi connectivity index (χ4n) is 3.74. The molecule has 166 valence electrons. The topological polar surface area (TPSA) is 49.7 Å². The lowest BCUT2D eigenvalue weighted by Crippen LogP contribution is -2.18. The smallest absolute Gasteiger partial charge is 0.332 e. The Labute approximate surface area is 188 Å². The van der Waals surface area contributed by atoms with Crippen LogP contribution in [0.5, 0.6) is 11.5 Å². The predicted octanol–water partition coefficient (Wildman–Crippen LogP) is 6.10. The molecule has 5 heteroatoms. The number of carbonyl (C=O) groups is 1. The van der Waals surface area contributed by atoms with Gasteiger partial charge in [0.15, 0.2) is 0 Å². The lowest BCUT2D eigenvalue weighted by atomic mass is 10.1. The van der Waals surface area contributed by atoms with E-state index in [1.165, 1.54) is 5.56 Å². The average molecular weight is 432 g/mol. The van der Waals surface area contributed by atoms with Crippen molar-refractivity contribution >= 4 is 27.8 Å². The van der Waals surface area contributed by atoms with Crippen LogP contribution in [-0.4, -0.2) is 23.9 Å². The number of benzene rings is 3. The van der Waals surface area contributed by atoms with Crippen molar-refractivity contribution in [1.82, 2.24) is 4.73 Å². The van der Waals surface area contributed by atoms with Crippen LogP contribution in [0.25, 0.3) is 21.8 Å². The van der Waals surface area contributed by atoms with Gasteiger partial charge in [-0.1, -0.05) is 37.3 Å². The van der Waals surface area contributed by atoms with Gasteiger partial charge in [0.2, 0.25) is 0 Å². The van der Waals surface area contributed by atoms with E-state index in [2.05, 4.69) is 13.0 Å². The first-order valence-electron chi connectivity index (χ1n) is 11.2. The summed E-state index contributed by atoms with van der Waals surface area (Å²) in [7, 11) is 0. The van der Waals surface area contributed by atoms with E-state index in [1.54, 1.807) is 4.73 Å². The maximum absolute atomic E-state index is 12.2. The zero-order chi connectivity index (χ0) is 22.3. The molecule has 0 fully saturated rings. The van der Waals surface area contributed by atoms with Crippen molar-refractivity contribution in [1.29, 1.82) is 0 Å². The van der Waals surface area contributed by atoms with Crippen LogP contribution in [0.15, 0.2) is 66.7 Å². The number of hydrogen-bond acceptors (Lipinski definition) is 4. The van der Waals surface area contributed by atoms with Crippen LogP contribution in [-0.2, 0) is 4.79 Å². The van der Waals surface area contributed by atoms with Crippen molar-refractivity contribution in [3.8, 4) is 11.5 Å². The zero-order valence-electron chi connectivity index (χ0n) is 18.7. The molecule has 0 unspecified atom stereocenters. The summed E-state index contributed by atoms with van der Waals surface area (Å²) in [6.07, 6.45) is 2.93. The minimum atomic E-state index is -0.241. The second-order valence-electron chi connectivity index (χ2n) is 7.92. The third-order valence-electron chi connectivity index (χ3n) is 5.31. The van der Waals surface area contributed by atoms with Crippen LogP contribution in [0.1, 0.15) is 38.2 Å². The van der Waals surface area contributed by atoms with Crippen molar-refractivity contribution in [2.75, 3.05) is 13.2 Å². The molecule has 32 heavy (non-hydrogen) atoms. The molecule has 3 aromatic carbocycles. The van der Waals surface area contributed by atoms with Gasteiger partial charge in [-0.2, -0.15) is 4.73 Å². The highest BCUT2D eigenvalue weighted by molar-refractivity contribution is 6.08. The first kappa shape index (κ1) is 21.8. The van der Waals surface area contributed by atoms with E-state index in [9.17, 15) is 4.79 Å². The minimum absolute atomic E-state index is 0.241. The van der Waals surface area contributed by atoms with E-state index in [4.69, 9.17) is 14.3 Å². The Morgan fingerprint density at radius 3 is 2.28 bits per heavy atom. The molecule has 0 aliphatic heterocycles. The maximum atomic E-state index is 12.2. The standard InChI is InChI=1S/C27H29NO4/c1-3-9-27(29)32-28-25-13-5-4-12-23(25)24-15-14-22(19-26(24)28)31-17-7-6-16-30-21-11-8-10-20(2)18-21/h4-5,8,10-15,18-19H,3,6-7,9,16-17H2,1-2H3. The highest BCUT2D eigenvalue weighted by atomic mass is 16.7. The summed E-state index contributed by atoms with van der Waals surface area (Å²) in [5.41, 5.74) is 2.90. The molecule has 4 aromatic rings. The Balaban J connectivity index is 1.40. The van der Waals surface area contributed by atoms with Crippen molar-refractivity contribution < 1.29 is 19.1 Å². The third kappa shape index (κ3) is 5.05. The number of rotatable bonds is 10. The highest BCUT2D eigenvalue weighted by Gasteiger charge is 2.15. The van der Waals surface area contributed by atoms with Gasteiger partial charge in [-0.05, 0) is 62.1 Å². The van der Waals surface area contributed by atoms with Crippen LogP contribution in [0.3, 0.4) is 0 Å². The molecule has 0 spiro atoms. The van der Waals surface area contributed by atoms with Gasteiger partial charge in [-0.25, -0.2) is 4.79 Å². The van der Waals surface area contributed by atoms with Gasteiger partial charge >= 0.3 is 5.97 Å². The predicted molar refractivity (Wildman–Crippen MR) is 127 cm³/mol. The number of hydrogen-bond donors (Lipinski definition) is 0. The lowest BCUT2D eigenvalue weighted by Gasteiger charge is -2.10. The molecule has 0 bridgehead atoms. The Kier molecular flexibility index (Phi) is 6.95. The summed E-state index contributed by atoms with van der Waals surface area (Å²) in [4.78, 5) is 17.9.